The lowest BCUT2D eigenvalue weighted by molar-refractivity contribution is -0.445. The molecule has 4 nitrogen and oxygen atoms in total. The summed E-state index contributed by atoms with van der Waals surface area (Å²) in [5.41, 5.74) is 3.76. The van der Waals surface area contributed by atoms with Gasteiger partial charge < -0.3 is 0 Å². The van der Waals surface area contributed by atoms with E-state index in [2.05, 4.69) is 5.43 Å². The van der Waals surface area contributed by atoms with Crippen molar-refractivity contribution in [1.29, 1.82) is 0 Å². The zero-order valence-corrected chi connectivity index (χ0v) is 6.78. The maximum atomic E-state index is 10.0. The van der Waals surface area contributed by atoms with Gasteiger partial charge in [0.05, 0.1) is 0 Å². The molecular formula is C8H10N2O2. The number of nitrogens with one attached hydrogen (secondary N) is 1. The van der Waals surface area contributed by atoms with Gasteiger partial charge in [0.1, 0.15) is 5.69 Å². The van der Waals surface area contributed by atoms with Gasteiger partial charge in [-0.15, -0.1) is 5.43 Å². The number of anilines is 1. The van der Waals surface area contributed by atoms with Gasteiger partial charge in [-0.3, -0.25) is 0 Å². The summed E-state index contributed by atoms with van der Waals surface area (Å²) in [4.78, 5) is 10.0. The Balaban J connectivity index is 2.71. The maximum Gasteiger partial charge on any atom is 0.162 e. The Bertz CT molecular complexity index is 269. The molecule has 0 amide bonds. The third kappa shape index (κ3) is 2.23. The highest BCUT2D eigenvalue weighted by Gasteiger charge is 1.96. The van der Waals surface area contributed by atoms with Gasteiger partial charge in [0.25, 0.3) is 0 Å². The highest BCUT2D eigenvalue weighted by Crippen LogP contribution is 2.09. The normalized spacial score (nSPS) is 9.42. The minimum atomic E-state index is -0.568. The molecule has 0 bridgehead atoms. The molecule has 0 aliphatic heterocycles. The monoisotopic (exact) mass is 166 g/mol. The highest BCUT2D eigenvalue weighted by atomic mass is 16.7. The van der Waals surface area contributed by atoms with E-state index in [0.717, 1.165) is 6.42 Å². The Labute approximate surface area is 70.3 Å². The van der Waals surface area contributed by atoms with Crippen LogP contribution in [0.25, 0.3) is 0 Å². The fourth-order valence-corrected chi connectivity index (χ4v) is 0.920. The van der Waals surface area contributed by atoms with E-state index >= 15 is 0 Å². The van der Waals surface area contributed by atoms with Crippen LogP contribution in [0.2, 0.25) is 0 Å². The molecule has 0 saturated carbocycles. The van der Waals surface area contributed by atoms with Gasteiger partial charge in [-0.2, -0.15) is 0 Å². The maximum absolute atomic E-state index is 10.0. The first-order valence-corrected chi connectivity index (χ1v) is 3.72. The lowest BCUT2D eigenvalue weighted by Crippen LogP contribution is -2.07. The first kappa shape index (κ1) is 8.52. The molecule has 0 aliphatic carbocycles. The Hall–Kier alpha value is -1.58. The van der Waals surface area contributed by atoms with Crippen molar-refractivity contribution in [2.24, 2.45) is 0 Å². The summed E-state index contributed by atoms with van der Waals surface area (Å²) in [5, 5.41) is 9.45. The van der Waals surface area contributed by atoms with Crippen LogP contribution in [-0.4, -0.2) is 5.03 Å². The Morgan fingerprint density at radius 3 is 2.42 bits per heavy atom. The summed E-state index contributed by atoms with van der Waals surface area (Å²) in [6.45, 7) is 2.04. The average Bonchev–Trinajstić information content (AvgIpc) is 2.05. The second-order valence-corrected chi connectivity index (χ2v) is 2.42. The minimum absolute atomic E-state index is 0.511. The summed E-state index contributed by atoms with van der Waals surface area (Å²) in [6, 6.07) is 7.13. The molecule has 4 heteroatoms. The molecule has 0 saturated heterocycles. The molecular weight excluding hydrogens is 156 g/mol. The number of hydrazine groups is 1. The van der Waals surface area contributed by atoms with Crippen molar-refractivity contribution >= 4 is 5.69 Å². The van der Waals surface area contributed by atoms with Gasteiger partial charge in [-0.1, -0.05) is 19.1 Å². The number of aryl methyl sites for hydroxylation is 1. The molecule has 1 aromatic rings. The van der Waals surface area contributed by atoms with Crippen molar-refractivity contribution in [3.63, 3.8) is 0 Å². The van der Waals surface area contributed by atoms with Crippen molar-refractivity contribution in [1.82, 2.24) is 0 Å². The van der Waals surface area contributed by atoms with Gasteiger partial charge >= 0.3 is 0 Å². The summed E-state index contributed by atoms with van der Waals surface area (Å²) in [5.74, 6) is 0. The molecule has 0 radical (unpaired) electrons. The van der Waals surface area contributed by atoms with Crippen molar-refractivity contribution in [2.75, 3.05) is 5.43 Å². The van der Waals surface area contributed by atoms with Crippen LogP contribution in [0.5, 0.6) is 0 Å². The molecule has 0 aliphatic rings. The van der Waals surface area contributed by atoms with E-state index in [0.29, 0.717) is 5.69 Å². The van der Waals surface area contributed by atoms with Crippen LogP contribution in [-0.2, 0) is 6.42 Å². The molecule has 0 unspecified atom stereocenters. The van der Waals surface area contributed by atoms with Crippen molar-refractivity contribution in [2.45, 2.75) is 13.3 Å². The lowest BCUT2D eigenvalue weighted by atomic mass is 10.2. The smallest absolute Gasteiger partial charge is 0.162 e. The summed E-state index contributed by atoms with van der Waals surface area (Å²) >= 11 is 0. The topological polar surface area (TPSA) is 55.2 Å². The largest absolute Gasteiger partial charge is 0.235 e. The second-order valence-electron chi connectivity index (χ2n) is 2.42. The fraction of sp³-hybridized carbons (Fsp3) is 0.250. The molecule has 12 heavy (non-hydrogen) atoms. The molecule has 0 fully saturated rings. The van der Waals surface area contributed by atoms with E-state index in [4.69, 9.17) is 0 Å². The third-order valence-electron chi connectivity index (χ3n) is 1.58. The molecule has 1 rings (SSSR count). The predicted octanol–water partition coefficient (Wildman–Crippen LogP) is 1.85. The predicted molar refractivity (Wildman–Crippen MR) is 46.4 cm³/mol. The van der Waals surface area contributed by atoms with Crippen molar-refractivity contribution in [3.05, 3.63) is 39.9 Å². The number of hydrogen-bond acceptors (Lipinski definition) is 2. The van der Waals surface area contributed by atoms with E-state index in [1.807, 2.05) is 19.1 Å². The number of rotatable bonds is 3. The molecule has 0 spiro atoms. The zero-order valence-electron chi connectivity index (χ0n) is 6.78. The van der Waals surface area contributed by atoms with E-state index in [-0.39, 0.29) is 0 Å². The van der Waals surface area contributed by atoms with E-state index in [9.17, 15) is 10.1 Å². The number of benzene rings is 1. The van der Waals surface area contributed by atoms with Crippen LogP contribution in [0, 0.1) is 10.1 Å². The van der Waals surface area contributed by atoms with Gasteiger partial charge in [0.2, 0.25) is 0 Å². The highest BCUT2D eigenvalue weighted by molar-refractivity contribution is 5.42. The Kier molecular flexibility index (Phi) is 2.63. The van der Waals surface area contributed by atoms with Gasteiger partial charge in [-0.25, -0.2) is 10.1 Å². The fourth-order valence-electron chi connectivity index (χ4n) is 0.920. The minimum Gasteiger partial charge on any atom is -0.235 e. The van der Waals surface area contributed by atoms with E-state index in [1.54, 1.807) is 12.1 Å². The Morgan fingerprint density at radius 2 is 2.00 bits per heavy atom. The van der Waals surface area contributed by atoms with Gasteiger partial charge in [-0.05, 0) is 24.1 Å². The first-order valence-electron chi connectivity index (χ1n) is 3.72. The van der Waals surface area contributed by atoms with Crippen molar-refractivity contribution < 1.29 is 5.03 Å². The number of hydrogen-bond donors (Lipinski definition) is 1. The molecule has 0 atom stereocenters. The second kappa shape index (κ2) is 3.71. The van der Waals surface area contributed by atoms with E-state index in [1.165, 1.54) is 5.56 Å². The molecule has 1 N–H and O–H groups in total. The third-order valence-corrected chi connectivity index (χ3v) is 1.58. The van der Waals surface area contributed by atoms with Crippen molar-refractivity contribution in [3.8, 4) is 0 Å². The van der Waals surface area contributed by atoms with Gasteiger partial charge in [0, 0.05) is 0 Å². The van der Waals surface area contributed by atoms with Crippen LogP contribution in [0.15, 0.2) is 24.3 Å². The van der Waals surface area contributed by atoms with Crippen LogP contribution >= 0.6 is 0 Å². The molecule has 0 aromatic heterocycles. The molecule has 1 aromatic carbocycles. The van der Waals surface area contributed by atoms with Crippen LogP contribution in [0.4, 0.5) is 5.69 Å². The first-order chi connectivity index (χ1) is 5.72. The Morgan fingerprint density at radius 1 is 1.42 bits per heavy atom. The summed E-state index contributed by atoms with van der Waals surface area (Å²) < 4.78 is 0. The lowest BCUT2D eigenvalue weighted by Gasteiger charge is -1.98. The van der Waals surface area contributed by atoms with Crippen LogP contribution < -0.4 is 5.43 Å². The quantitative estimate of drug-likeness (QED) is 0.550. The molecule has 64 valence electrons. The number of nitrogens with zero attached hydrogens (tertiary/aromatic N) is 1. The standard InChI is InChI=1S/C8H10N2O2/c1-2-7-3-5-8(6-4-7)9-10(11)12/h3-6,9H,2H2,1H3. The number of nitro groups is 1. The average molecular weight is 166 g/mol. The van der Waals surface area contributed by atoms with Crippen LogP contribution in [0.1, 0.15) is 12.5 Å². The molecule has 0 heterocycles. The van der Waals surface area contributed by atoms with Crippen LogP contribution in [0.3, 0.4) is 0 Å². The summed E-state index contributed by atoms with van der Waals surface area (Å²) in [6.07, 6.45) is 0.943. The SMILES string of the molecule is CCc1ccc(N[N+](=O)[O-])cc1. The zero-order chi connectivity index (χ0) is 8.97. The van der Waals surface area contributed by atoms with E-state index < -0.39 is 5.03 Å². The van der Waals surface area contributed by atoms with Gasteiger partial charge in [0.15, 0.2) is 5.03 Å². The summed E-state index contributed by atoms with van der Waals surface area (Å²) in [7, 11) is 0.